The molecule has 2 rings (SSSR count). The Labute approximate surface area is 114 Å². The van der Waals surface area contributed by atoms with Gasteiger partial charge in [-0.25, -0.2) is 4.98 Å². The van der Waals surface area contributed by atoms with Crippen LogP contribution >= 0.6 is 55.0 Å². The molecule has 78 valence electrons. The maximum absolute atomic E-state index is 4.31. The Morgan fingerprint density at radius 3 is 2.93 bits per heavy atom. The minimum atomic E-state index is 0.964. The van der Waals surface area contributed by atoms with E-state index in [0.717, 1.165) is 19.7 Å². The molecule has 0 aliphatic rings. The van der Waals surface area contributed by atoms with Crippen molar-refractivity contribution in [1.82, 2.24) is 4.98 Å². The molecule has 0 saturated heterocycles. The van der Waals surface area contributed by atoms with Crippen molar-refractivity contribution in [2.45, 2.75) is 10.8 Å². The largest absolute Gasteiger partial charge is 0.249 e. The molecule has 2 heterocycles. The monoisotopic (exact) mass is 363 g/mol. The number of hydrogen-bond donors (Lipinski definition) is 0. The van der Waals surface area contributed by atoms with Crippen LogP contribution < -0.4 is 0 Å². The molecule has 0 radical (unpaired) electrons. The van der Waals surface area contributed by atoms with E-state index in [1.54, 1.807) is 23.1 Å². The first-order valence-corrected chi connectivity index (χ1v) is 7.67. The summed E-state index contributed by atoms with van der Waals surface area (Å²) in [5.41, 5.74) is 0. The summed E-state index contributed by atoms with van der Waals surface area (Å²) in [6.07, 6.45) is 1.82. The van der Waals surface area contributed by atoms with Crippen LogP contribution in [0.15, 0.2) is 43.7 Å². The molecule has 5 heteroatoms. The van der Waals surface area contributed by atoms with Gasteiger partial charge in [-0.05, 0) is 50.1 Å². The molecule has 1 nitrogen and oxygen atoms in total. The van der Waals surface area contributed by atoms with Crippen LogP contribution in [-0.4, -0.2) is 4.98 Å². The fourth-order valence-electron chi connectivity index (χ4n) is 1.05. The quantitative estimate of drug-likeness (QED) is 0.714. The highest BCUT2D eigenvalue weighted by atomic mass is 79.9. The van der Waals surface area contributed by atoms with E-state index < -0.39 is 0 Å². The van der Waals surface area contributed by atoms with Gasteiger partial charge >= 0.3 is 0 Å². The van der Waals surface area contributed by atoms with E-state index in [-0.39, 0.29) is 0 Å². The fourth-order valence-corrected chi connectivity index (χ4v) is 4.03. The summed E-state index contributed by atoms with van der Waals surface area (Å²) >= 11 is 10.4. The standard InChI is InChI=1S/C10H7Br2NS2/c11-7-4-8(14-5-7)6-15-10-9(12)2-1-3-13-10/h1-5H,6H2. The third-order valence-electron chi connectivity index (χ3n) is 1.70. The first-order valence-electron chi connectivity index (χ1n) is 4.22. The molecular weight excluding hydrogens is 358 g/mol. The number of aromatic nitrogens is 1. The second-order valence-corrected chi connectivity index (χ2v) is 6.54. The molecular formula is C10H7Br2NS2. The Morgan fingerprint density at radius 1 is 1.40 bits per heavy atom. The molecule has 0 spiro atoms. The lowest BCUT2D eigenvalue weighted by Gasteiger charge is -2.00. The normalized spacial score (nSPS) is 10.5. The molecule has 2 aromatic heterocycles. The van der Waals surface area contributed by atoms with E-state index in [4.69, 9.17) is 0 Å². The second kappa shape index (κ2) is 5.48. The Balaban J connectivity index is 2.02. The molecule has 2 aromatic rings. The fraction of sp³-hybridized carbons (Fsp3) is 0.100. The van der Waals surface area contributed by atoms with Crippen LogP contribution in [0.3, 0.4) is 0 Å². The van der Waals surface area contributed by atoms with Gasteiger partial charge in [0.05, 0.1) is 0 Å². The topological polar surface area (TPSA) is 12.9 Å². The van der Waals surface area contributed by atoms with Crippen molar-refractivity contribution in [3.63, 3.8) is 0 Å². The van der Waals surface area contributed by atoms with Crippen LogP contribution in [0.25, 0.3) is 0 Å². The molecule has 0 bridgehead atoms. The van der Waals surface area contributed by atoms with Gasteiger partial charge in [0.1, 0.15) is 5.03 Å². The van der Waals surface area contributed by atoms with Gasteiger partial charge in [-0.3, -0.25) is 0 Å². The van der Waals surface area contributed by atoms with E-state index in [0.29, 0.717) is 0 Å². The van der Waals surface area contributed by atoms with E-state index in [1.165, 1.54) is 4.88 Å². The van der Waals surface area contributed by atoms with E-state index in [2.05, 4.69) is 48.3 Å². The second-order valence-electron chi connectivity index (χ2n) is 2.81. The summed E-state index contributed by atoms with van der Waals surface area (Å²) in [5.74, 6) is 0.964. The van der Waals surface area contributed by atoms with Crippen molar-refractivity contribution in [3.8, 4) is 0 Å². The Kier molecular flexibility index (Phi) is 4.25. The molecule has 0 fully saturated rings. The highest BCUT2D eigenvalue weighted by Gasteiger charge is 2.03. The third-order valence-corrected chi connectivity index (χ3v) is 5.53. The van der Waals surface area contributed by atoms with Crippen molar-refractivity contribution < 1.29 is 0 Å². The number of thioether (sulfide) groups is 1. The highest BCUT2D eigenvalue weighted by Crippen LogP contribution is 2.30. The van der Waals surface area contributed by atoms with Gasteiger partial charge in [-0.2, -0.15) is 0 Å². The van der Waals surface area contributed by atoms with Gasteiger partial charge in [0, 0.05) is 31.2 Å². The lowest BCUT2D eigenvalue weighted by molar-refractivity contribution is 1.11. The molecule has 0 aliphatic heterocycles. The number of nitrogens with zero attached hydrogens (tertiary/aromatic N) is 1. The van der Waals surface area contributed by atoms with Gasteiger partial charge in [-0.15, -0.1) is 11.3 Å². The van der Waals surface area contributed by atoms with Crippen LogP contribution in [-0.2, 0) is 5.75 Å². The third kappa shape index (κ3) is 3.31. The average Bonchev–Trinajstić information content (AvgIpc) is 2.63. The van der Waals surface area contributed by atoms with Crippen LogP contribution in [0.1, 0.15) is 4.88 Å². The van der Waals surface area contributed by atoms with Gasteiger partial charge in [0.15, 0.2) is 0 Å². The smallest absolute Gasteiger partial charge is 0.111 e. The van der Waals surface area contributed by atoms with Crippen molar-refractivity contribution in [3.05, 3.63) is 43.6 Å². The Bertz CT molecular complexity index is 456. The Hall–Kier alpha value is 0.160. The van der Waals surface area contributed by atoms with Crippen LogP contribution in [0.5, 0.6) is 0 Å². The first kappa shape index (κ1) is 11.6. The molecule has 0 amide bonds. The summed E-state index contributed by atoms with van der Waals surface area (Å²) in [4.78, 5) is 5.66. The summed E-state index contributed by atoms with van der Waals surface area (Å²) < 4.78 is 2.22. The minimum Gasteiger partial charge on any atom is -0.249 e. The molecule has 0 N–H and O–H groups in total. The zero-order valence-electron chi connectivity index (χ0n) is 7.61. The molecule has 0 unspecified atom stereocenters. The van der Waals surface area contributed by atoms with Crippen molar-refractivity contribution in [2.75, 3.05) is 0 Å². The van der Waals surface area contributed by atoms with E-state index in [9.17, 15) is 0 Å². The maximum Gasteiger partial charge on any atom is 0.111 e. The van der Waals surface area contributed by atoms with Gasteiger partial charge in [-0.1, -0.05) is 11.8 Å². The lowest BCUT2D eigenvalue weighted by Crippen LogP contribution is -1.81. The number of halogens is 2. The van der Waals surface area contributed by atoms with Gasteiger partial charge < -0.3 is 0 Å². The first-order chi connectivity index (χ1) is 7.25. The summed E-state index contributed by atoms with van der Waals surface area (Å²) in [5, 5.41) is 3.14. The molecule has 15 heavy (non-hydrogen) atoms. The predicted molar refractivity (Wildman–Crippen MR) is 73.5 cm³/mol. The number of hydrogen-bond acceptors (Lipinski definition) is 3. The zero-order chi connectivity index (χ0) is 10.7. The molecule has 0 saturated carbocycles. The lowest BCUT2D eigenvalue weighted by atomic mass is 10.5. The minimum absolute atomic E-state index is 0.964. The van der Waals surface area contributed by atoms with Crippen LogP contribution in [0, 0.1) is 0 Å². The SMILES string of the molecule is Brc1csc(CSc2ncccc2Br)c1. The summed E-state index contributed by atoms with van der Waals surface area (Å²) in [7, 11) is 0. The summed E-state index contributed by atoms with van der Waals surface area (Å²) in [6, 6.07) is 6.09. The zero-order valence-corrected chi connectivity index (χ0v) is 12.4. The maximum atomic E-state index is 4.31. The number of pyridine rings is 1. The number of thiophene rings is 1. The molecule has 0 atom stereocenters. The molecule has 0 aliphatic carbocycles. The molecule has 0 aromatic carbocycles. The van der Waals surface area contributed by atoms with Crippen molar-refractivity contribution in [1.29, 1.82) is 0 Å². The van der Waals surface area contributed by atoms with Crippen LogP contribution in [0.2, 0.25) is 0 Å². The van der Waals surface area contributed by atoms with E-state index >= 15 is 0 Å². The van der Waals surface area contributed by atoms with E-state index in [1.807, 2.05) is 18.3 Å². The predicted octanol–water partition coefficient (Wildman–Crippen LogP) is 4.96. The van der Waals surface area contributed by atoms with Crippen molar-refractivity contribution >= 4 is 55.0 Å². The Morgan fingerprint density at radius 2 is 2.27 bits per heavy atom. The van der Waals surface area contributed by atoms with Crippen molar-refractivity contribution in [2.24, 2.45) is 0 Å². The summed E-state index contributed by atoms with van der Waals surface area (Å²) in [6.45, 7) is 0. The van der Waals surface area contributed by atoms with Gasteiger partial charge in [0.2, 0.25) is 0 Å². The average molecular weight is 365 g/mol. The van der Waals surface area contributed by atoms with Gasteiger partial charge in [0.25, 0.3) is 0 Å². The number of rotatable bonds is 3. The van der Waals surface area contributed by atoms with Crippen LogP contribution in [0.4, 0.5) is 0 Å². The highest BCUT2D eigenvalue weighted by molar-refractivity contribution is 9.10.